The highest BCUT2D eigenvalue weighted by Crippen LogP contribution is 2.12. The second kappa shape index (κ2) is 5.29. The van der Waals surface area contributed by atoms with Gasteiger partial charge in [-0.15, -0.1) is 0 Å². The summed E-state index contributed by atoms with van der Waals surface area (Å²) in [6.07, 6.45) is -3.57. The van der Waals surface area contributed by atoms with Crippen LogP contribution in [0.15, 0.2) is 4.52 Å². The van der Waals surface area contributed by atoms with Crippen molar-refractivity contribution in [2.24, 2.45) is 5.92 Å². The standard InChI is InChI=1S/C9H14F3N3O/c1-6(2)3-7-14-8(16-15-7)4-13-5-9(10,11)12/h6,13H,3-5H2,1-2H3. The first-order valence-corrected chi connectivity index (χ1v) is 4.96. The van der Waals surface area contributed by atoms with Crippen molar-refractivity contribution in [1.29, 1.82) is 0 Å². The van der Waals surface area contributed by atoms with E-state index in [1.807, 2.05) is 13.8 Å². The van der Waals surface area contributed by atoms with Crippen molar-refractivity contribution < 1.29 is 17.7 Å². The molecule has 1 heterocycles. The Labute approximate surface area is 91.2 Å². The fourth-order valence-electron chi connectivity index (χ4n) is 1.12. The summed E-state index contributed by atoms with van der Waals surface area (Å²) in [4.78, 5) is 3.96. The number of nitrogens with zero attached hydrogens (tertiary/aromatic N) is 2. The Kier molecular flexibility index (Phi) is 4.28. The Morgan fingerprint density at radius 1 is 1.38 bits per heavy atom. The van der Waals surface area contributed by atoms with Crippen LogP contribution in [-0.4, -0.2) is 22.9 Å². The molecule has 0 fully saturated rings. The zero-order valence-electron chi connectivity index (χ0n) is 9.14. The molecule has 0 aliphatic rings. The van der Waals surface area contributed by atoms with Gasteiger partial charge < -0.3 is 9.84 Å². The van der Waals surface area contributed by atoms with Gasteiger partial charge >= 0.3 is 6.18 Å². The Bertz CT molecular complexity index is 322. The van der Waals surface area contributed by atoms with Crippen molar-refractivity contribution in [2.45, 2.75) is 33.0 Å². The van der Waals surface area contributed by atoms with E-state index >= 15 is 0 Å². The van der Waals surface area contributed by atoms with Gasteiger partial charge in [-0.05, 0) is 5.92 Å². The SMILES string of the molecule is CC(C)Cc1noc(CNCC(F)(F)F)n1. The normalized spacial score (nSPS) is 12.4. The zero-order chi connectivity index (χ0) is 12.2. The van der Waals surface area contributed by atoms with Crippen LogP contribution in [0.5, 0.6) is 0 Å². The lowest BCUT2D eigenvalue weighted by Crippen LogP contribution is -2.28. The van der Waals surface area contributed by atoms with Crippen molar-refractivity contribution in [2.75, 3.05) is 6.54 Å². The van der Waals surface area contributed by atoms with E-state index in [0.29, 0.717) is 18.2 Å². The molecule has 92 valence electrons. The van der Waals surface area contributed by atoms with Gasteiger partial charge in [0.15, 0.2) is 5.82 Å². The highest BCUT2D eigenvalue weighted by molar-refractivity contribution is 4.87. The molecule has 0 aliphatic carbocycles. The Hall–Kier alpha value is -1.11. The third-order valence-corrected chi connectivity index (χ3v) is 1.70. The van der Waals surface area contributed by atoms with Gasteiger partial charge in [0.25, 0.3) is 0 Å². The predicted molar refractivity (Wildman–Crippen MR) is 50.6 cm³/mol. The fraction of sp³-hybridized carbons (Fsp3) is 0.778. The molecule has 16 heavy (non-hydrogen) atoms. The number of hydrogen-bond donors (Lipinski definition) is 1. The van der Waals surface area contributed by atoms with Crippen molar-refractivity contribution in [3.05, 3.63) is 11.7 Å². The molecule has 1 aromatic rings. The molecular weight excluding hydrogens is 223 g/mol. The molecule has 1 aromatic heterocycles. The minimum atomic E-state index is -4.22. The maximum absolute atomic E-state index is 11.8. The van der Waals surface area contributed by atoms with Crippen LogP contribution in [-0.2, 0) is 13.0 Å². The van der Waals surface area contributed by atoms with E-state index in [0.717, 1.165) is 0 Å². The summed E-state index contributed by atoms with van der Waals surface area (Å²) in [7, 11) is 0. The summed E-state index contributed by atoms with van der Waals surface area (Å²) < 4.78 is 40.2. The van der Waals surface area contributed by atoms with E-state index in [4.69, 9.17) is 4.52 Å². The summed E-state index contributed by atoms with van der Waals surface area (Å²) in [5.41, 5.74) is 0. The van der Waals surface area contributed by atoms with Gasteiger partial charge in [-0.2, -0.15) is 18.2 Å². The van der Waals surface area contributed by atoms with Crippen molar-refractivity contribution in [1.82, 2.24) is 15.5 Å². The summed E-state index contributed by atoms with van der Waals surface area (Å²) in [6.45, 7) is 2.87. The predicted octanol–water partition coefficient (Wildman–Crippen LogP) is 1.92. The van der Waals surface area contributed by atoms with Crippen LogP contribution >= 0.6 is 0 Å². The van der Waals surface area contributed by atoms with E-state index in [1.54, 1.807) is 0 Å². The van der Waals surface area contributed by atoms with Crippen LogP contribution in [0.1, 0.15) is 25.6 Å². The molecule has 4 nitrogen and oxygen atoms in total. The van der Waals surface area contributed by atoms with Gasteiger partial charge in [-0.1, -0.05) is 19.0 Å². The minimum absolute atomic E-state index is 0.0649. The molecule has 0 saturated carbocycles. The molecule has 7 heteroatoms. The number of hydrogen-bond acceptors (Lipinski definition) is 4. The van der Waals surface area contributed by atoms with Gasteiger partial charge in [0.2, 0.25) is 5.89 Å². The average molecular weight is 237 g/mol. The number of halogens is 3. The van der Waals surface area contributed by atoms with Gasteiger partial charge in [0, 0.05) is 6.42 Å². The molecule has 0 aliphatic heterocycles. The van der Waals surface area contributed by atoms with Crippen molar-refractivity contribution >= 4 is 0 Å². The minimum Gasteiger partial charge on any atom is -0.338 e. The lowest BCUT2D eigenvalue weighted by molar-refractivity contribution is -0.125. The number of aromatic nitrogens is 2. The molecule has 0 saturated heterocycles. The van der Waals surface area contributed by atoms with Crippen LogP contribution in [0.4, 0.5) is 13.2 Å². The molecule has 0 bridgehead atoms. The molecule has 0 aromatic carbocycles. The van der Waals surface area contributed by atoms with Gasteiger partial charge in [0.1, 0.15) is 0 Å². The Balaban J connectivity index is 2.35. The summed E-state index contributed by atoms with van der Waals surface area (Å²) >= 11 is 0. The first-order valence-electron chi connectivity index (χ1n) is 4.96. The van der Waals surface area contributed by atoms with E-state index in [-0.39, 0.29) is 12.4 Å². The number of rotatable bonds is 5. The lowest BCUT2D eigenvalue weighted by Gasteiger charge is -2.05. The van der Waals surface area contributed by atoms with Crippen molar-refractivity contribution in [3.63, 3.8) is 0 Å². The maximum Gasteiger partial charge on any atom is 0.401 e. The molecule has 0 radical (unpaired) electrons. The van der Waals surface area contributed by atoms with Crippen molar-refractivity contribution in [3.8, 4) is 0 Å². The molecule has 0 atom stereocenters. The van der Waals surface area contributed by atoms with Crippen LogP contribution < -0.4 is 5.32 Å². The summed E-state index contributed by atoms with van der Waals surface area (Å²) in [5, 5.41) is 5.85. The van der Waals surface area contributed by atoms with E-state index in [2.05, 4.69) is 15.5 Å². The van der Waals surface area contributed by atoms with Crippen LogP contribution in [0.3, 0.4) is 0 Å². The van der Waals surface area contributed by atoms with Gasteiger partial charge in [-0.3, -0.25) is 0 Å². The first-order chi connectivity index (χ1) is 7.37. The van der Waals surface area contributed by atoms with Crippen LogP contribution in [0, 0.1) is 5.92 Å². The second-order valence-corrected chi connectivity index (χ2v) is 3.92. The van der Waals surface area contributed by atoms with E-state index < -0.39 is 12.7 Å². The molecule has 1 N–H and O–H groups in total. The Morgan fingerprint density at radius 2 is 2.06 bits per heavy atom. The maximum atomic E-state index is 11.8. The third kappa shape index (κ3) is 5.11. The van der Waals surface area contributed by atoms with Crippen LogP contribution in [0.25, 0.3) is 0 Å². The summed E-state index contributed by atoms with van der Waals surface area (Å²) in [5.74, 6) is 1.09. The van der Waals surface area contributed by atoms with Crippen LogP contribution in [0.2, 0.25) is 0 Å². The molecule has 0 unspecified atom stereocenters. The highest BCUT2D eigenvalue weighted by atomic mass is 19.4. The molecule has 0 amide bonds. The topological polar surface area (TPSA) is 51.0 Å². The van der Waals surface area contributed by atoms with E-state index in [9.17, 15) is 13.2 Å². The van der Waals surface area contributed by atoms with E-state index in [1.165, 1.54) is 0 Å². The second-order valence-electron chi connectivity index (χ2n) is 3.92. The lowest BCUT2D eigenvalue weighted by atomic mass is 10.1. The highest BCUT2D eigenvalue weighted by Gasteiger charge is 2.26. The van der Waals surface area contributed by atoms with Gasteiger partial charge in [-0.25, -0.2) is 0 Å². The smallest absolute Gasteiger partial charge is 0.338 e. The van der Waals surface area contributed by atoms with Gasteiger partial charge in [0.05, 0.1) is 13.1 Å². The summed E-state index contributed by atoms with van der Waals surface area (Å²) in [6, 6.07) is 0. The first kappa shape index (κ1) is 13.0. The number of nitrogens with one attached hydrogen (secondary N) is 1. The Morgan fingerprint density at radius 3 is 2.62 bits per heavy atom. The number of alkyl halides is 3. The molecule has 1 rings (SSSR count). The fourth-order valence-corrected chi connectivity index (χ4v) is 1.12. The largest absolute Gasteiger partial charge is 0.401 e. The monoisotopic (exact) mass is 237 g/mol. The zero-order valence-corrected chi connectivity index (χ0v) is 9.14. The average Bonchev–Trinajstić information content (AvgIpc) is 2.49. The molecular formula is C9H14F3N3O. The molecule has 0 spiro atoms. The quantitative estimate of drug-likeness (QED) is 0.850. The third-order valence-electron chi connectivity index (χ3n) is 1.70.